The van der Waals surface area contributed by atoms with Gasteiger partial charge in [-0.3, -0.25) is 9.89 Å². The van der Waals surface area contributed by atoms with Gasteiger partial charge in [-0.1, -0.05) is 18.2 Å². The lowest BCUT2D eigenvalue weighted by molar-refractivity contribution is 0.179. The summed E-state index contributed by atoms with van der Waals surface area (Å²) >= 11 is 1.86. The number of piperidine rings is 1. The van der Waals surface area contributed by atoms with Crippen molar-refractivity contribution in [3.05, 3.63) is 52.5 Å². The van der Waals surface area contributed by atoms with Crippen molar-refractivity contribution in [2.45, 2.75) is 39.3 Å². The number of aromatic nitrogens is 2. The van der Waals surface area contributed by atoms with Crippen LogP contribution in [0.25, 0.3) is 11.0 Å². The highest BCUT2D eigenvalue weighted by molar-refractivity contribution is 7.09. The predicted octanol–water partition coefficient (Wildman–Crippen LogP) is 3.87. The molecular weight excluding hydrogens is 404 g/mol. The largest absolute Gasteiger partial charge is 0.356 e. The van der Waals surface area contributed by atoms with E-state index in [-0.39, 0.29) is 0 Å². The summed E-state index contributed by atoms with van der Waals surface area (Å²) in [7, 11) is 1.85. The number of para-hydroxylation sites is 2. The number of thiophene rings is 1. The van der Waals surface area contributed by atoms with Gasteiger partial charge in [-0.2, -0.15) is 0 Å². The van der Waals surface area contributed by atoms with Crippen LogP contribution < -0.4 is 10.6 Å². The molecule has 0 bridgehead atoms. The molecule has 1 saturated heterocycles. The number of aryl methyl sites for hydroxylation is 2. The van der Waals surface area contributed by atoms with Crippen molar-refractivity contribution in [3.8, 4) is 0 Å². The minimum Gasteiger partial charge on any atom is -0.356 e. The number of rotatable bonds is 8. The number of nitrogens with one attached hydrogen (secondary N) is 2. The summed E-state index contributed by atoms with van der Waals surface area (Å²) in [5.41, 5.74) is 2.29. The van der Waals surface area contributed by atoms with E-state index in [0.717, 1.165) is 55.8 Å². The Bertz CT molecular complexity index is 969. The second-order valence-electron chi connectivity index (χ2n) is 8.33. The normalized spacial score (nSPS) is 16.1. The van der Waals surface area contributed by atoms with Gasteiger partial charge in [0.05, 0.1) is 11.0 Å². The number of hydrogen-bond donors (Lipinski definition) is 2. The van der Waals surface area contributed by atoms with Crippen molar-refractivity contribution in [1.82, 2.24) is 25.1 Å². The second-order valence-corrected chi connectivity index (χ2v) is 9.36. The molecule has 3 heterocycles. The first-order chi connectivity index (χ1) is 15.2. The highest BCUT2D eigenvalue weighted by Crippen LogP contribution is 2.20. The van der Waals surface area contributed by atoms with Crippen LogP contribution in [0.15, 0.2) is 46.8 Å². The quantitative estimate of drug-likeness (QED) is 0.318. The summed E-state index contributed by atoms with van der Waals surface area (Å²) in [4.78, 5) is 13.1. The van der Waals surface area contributed by atoms with E-state index in [4.69, 9.17) is 0 Å². The molecule has 6 nitrogen and oxygen atoms in total. The first-order valence-electron chi connectivity index (χ1n) is 11.3. The smallest absolute Gasteiger partial charge is 0.190 e. The number of nitrogens with zero attached hydrogens (tertiary/aromatic N) is 4. The summed E-state index contributed by atoms with van der Waals surface area (Å²) in [6.45, 7) is 8.41. The van der Waals surface area contributed by atoms with E-state index in [2.05, 4.69) is 72.7 Å². The molecule has 0 unspecified atom stereocenters. The van der Waals surface area contributed by atoms with Crippen molar-refractivity contribution >= 4 is 28.3 Å². The van der Waals surface area contributed by atoms with Crippen LogP contribution in [-0.4, -0.2) is 53.6 Å². The van der Waals surface area contributed by atoms with Gasteiger partial charge in [0.2, 0.25) is 0 Å². The van der Waals surface area contributed by atoms with E-state index in [9.17, 15) is 0 Å². The monoisotopic (exact) mass is 438 g/mol. The summed E-state index contributed by atoms with van der Waals surface area (Å²) in [6, 6.07) is 12.7. The number of guanidine groups is 1. The summed E-state index contributed by atoms with van der Waals surface area (Å²) in [5, 5.41) is 9.18. The molecule has 3 aromatic rings. The van der Waals surface area contributed by atoms with Gasteiger partial charge in [0.15, 0.2) is 5.96 Å². The van der Waals surface area contributed by atoms with Crippen LogP contribution in [0.5, 0.6) is 0 Å². The van der Waals surface area contributed by atoms with Gasteiger partial charge in [0, 0.05) is 38.1 Å². The minimum absolute atomic E-state index is 0.720. The minimum atomic E-state index is 0.720. The lowest BCUT2D eigenvalue weighted by Gasteiger charge is -2.32. The molecule has 0 radical (unpaired) electrons. The molecule has 2 aromatic heterocycles. The molecule has 0 amide bonds. The Balaban J connectivity index is 1.15. The Morgan fingerprint density at radius 1 is 1.16 bits per heavy atom. The molecule has 4 rings (SSSR count). The lowest BCUT2D eigenvalue weighted by atomic mass is 9.97. The lowest BCUT2D eigenvalue weighted by Crippen LogP contribution is -2.43. The van der Waals surface area contributed by atoms with Crippen molar-refractivity contribution < 1.29 is 0 Å². The van der Waals surface area contributed by atoms with Crippen LogP contribution in [-0.2, 0) is 13.1 Å². The molecule has 1 aliphatic rings. The topological polar surface area (TPSA) is 57.5 Å². The second kappa shape index (κ2) is 10.8. The first kappa shape index (κ1) is 21.8. The van der Waals surface area contributed by atoms with Gasteiger partial charge in [0.1, 0.15) is 5.82 Å². The number of imidazole rings is 1. The third-order valence-electron chi connectivity index (χ3n) is 6.14. The fourth-order valence-electron chi connectivity index (χ4n) is 4.36. The van der Waals surface area contributed by atoms with E-state index in [0.29, 0.717) is 0 Å². The Morgan fingerprint density at radius 3 is 2.77 bits per heavy atom. The molecule has 2 N–H and O–H groups in total. The zero-order valence-corrected chi connectivity index (χ0v) is 19.5. The molecule has 1 aromatic carbocycles. The third-order valence-corrected chi connectivity index (χ3v) is 7.01. The average molecular weight is 439 g/mol. The van der Waals surface area contributed by atoms with Crippen molar-refractivity contribution in [3.63, 3.8) is 0 Å². The zero-order valence-electron chi connectivity index (χ0n) is 18.7. The Morgan fingerprint density at radius 2 is 2.00 bits per heavy atom. The molecule has 1 fully saturated rings. The van der Waals surface area contributed by atoms with Crippen LogP contribution in [0.3, 0.4) is 0 Å². The molecule has 0 saturated carbocycles. The van der Waals surface area contributed by atoms with Crippen molar-refractivity contribution in [1.29, 1.82) is 0 Å². The van der Waals surface area contributed by atoms with Crippen LogP contribution in [0, 0.1) is 12.8 Å². The van der Waals surface area contributed by atoms with E-state index in [1.807, 2.05) is 24.5 Å². The van der Waals surface area contributed by atoms with Gasteiger partial charge in [-0.25, -0.2) is 4.98 Å². The van der Waals surface area contributed by atoms with E-state index >= 15 is 0 Å². The van der Waals surface area contributed by atoms with Crippen LogP contribution in [0.2, 0.25) is 0 Å². The maximum absolute atomic E-state index is 4.65. The molecule has 1 aliphatic heterocycles. The average Bonchev–Trinajstić information content (AvgIpc) is 3.41. The summed E-state index contributed by atoms with van der Waals surface area (Å²) in [6.07, 6.45) is 3.54. The molecular formula is C24H34N6S. The Kier molecular flexibility index (Phi) is 7.59. The highest BCUT2D eigenvalue weighted by atomic mass is 32.1. The molecule has 0 spiro atoms. The molecule has 166 valence electrons. The number of benzene rings is 1. The van der Waals surface area contributed by atoms with Crippen molar-refractivity contribution in [2.24, 2.45) is 10.9 Å². The zero-order chi connectivity index (χ0) is 21.5. The third kappa shape index (κ3) is 5.86. The number of fused-ring (bicyclic) bond motifs is 1. The van der Waals surface area contributed by atoms with Gasteiger partial charge in [-0.05, 0) is 68.8 Å². The molecule has 31 heavy (non-hydrogen) atoms. The van der Waals surface area contributed by atoms with E-state index < -0.39 is 0 Å². The standard InChI is InChI=1S/C24H34N6S/c1-19-28-22-8-3-4-9-23(22)30(19)13-6-12-26-24(25-2)27-17-20-10-14-29(15-11-20)18-21-7-5-16-31-21/h3-5,7-9,16,20H,6,10-15,17-18H2,1-2H3,(H2,25,26,27). The summed E-state index contributed by atoms with van der Waals surface area (Å²) < 4.78 is 2.30. The maximum Gasteiger partial charge on any atom is 0.190 e. The van der Waals surface area contributed by atoms with Gasteiger partial charge in [-0.15, -0.1) is 11.3 Å². The van der Waals surface area contributed by atoms with Gasteiger partial charge >= 0.3 is 0 Å². The van der Waals surface area contributed by atoms with Crippen LogP contribution >= 0.6 is 11.3 Å². The first-order valence-corrected chi connectivity index (χ1v) is 12.2. The van der Waals surface area contributed by atoms with E-state index in [1.165, 1.54) is 36.3 Å². The predicted molar refractivity (Wildman–Crippen MR) is 131 cm³/mol. The van der Waals surface area contributed by atoms with Gasteiger partial charge < -0.3 is 15.2 Å². The maximum atomic E-state index is 4.65. The van der Waals surface area contributed by atoms with Crippen LogP contribution in [0.1, 0.15) is 30.0 Å². The van der Waals surface area contributed by atoms with Gasteiger partial charge in [0.25, 0.3) is 0 Å². The fraction of sp³-hybridized carbons (Fsp3) is 0.500. The van der Waals surface area contributed by atoms with Crippen LogP contribution in [0.4, 0.5) is 0 Å². The SMILES string of the molecule is CN=C(NCCCn1c(C)nc2ccccc21)NCC1CCN(Cc2cccs2)CC1. The number of aliphatic imine (C=N–C) groups is 1. The van der Waals surface area contributed by atoms with Crippen molar-refractivity contribution in [2.75, 3.05) is 33.2 Å². The molecule has 0 atom stereocenters. The Hall–Kier alpha value is -2.38. The number of hydrogen-bond acceptors (Lipinski definition) is 4. The summed E-state index contributed by atoms with van der Waals surface area (Å²) in [5.74, 6) is 2.71. The number of likely N-dealkylation sites (tertiary alicyclic amines) is 1. The Labute approximate surface area is 189 Å². The molecule has 7 heteroatoms. The fourth-order valence-corrected chi connectivity index (χ4v) is 5.10. The van der Waals surface area contributed by atoms with E-state index in [1.54, 1.807) is 0 Å². The molecule has 0 aliphatic carbocycles. The highest BCUT2D eigenvalue weighted by Gasteiger charge is 2.19.